The van der Waals surface area contributed by atoms with E-state index in [4.69, 9.17) is 4.42 Å². The average Bonchev–Trinajstić information content (AvgIpc) is 3.11. The van der Waals surface area contributed by atoms with Gasteiger partial charge in [0.1, 0.15) is 0 Å². The maximum atomic E-state index is 5.67. The number of nitrogens with zero attached hydrogens (tertiary/aromatic N) is 4. The highest BCUT2D eigenvalue weighted by Gasteiger charge is 2.29. The zero-order valence-corrected chi connectivity index (χ0v) is 13.0. The molecule has 1 aromatic carbocycles. The van der Waals surface area contributed by atoms with Gasteiger partial charge in [0.2, 0.25) is 11.8 Å². The highest BCUT2D eigenvalue weighted by Crippen LogP contribution is 2.38. The standard InChI is InChI=1S/C17H19N5O/c1-12(19-10-16-20-21-17(23-16)14-2-3-14)13-4-6-15(7-5-13)22-9-8-18-11-22/h4-9,11-12,14,19H,2-3,10H2,1H3/t12-/m1/s1. The predicted octanol–water partition coefficient (Wildman–Crippen LogP) is 2.98. The number of benzene rings is 1. The Bertz CT molecular complexity index is 759. The van der Waals surface area contributed by atoms with Crippen LogP contribution in [0.15, 0.2) is 47.4 Å². The van der Waals surface area contributed by atoms with Crippen molar-refractivity contribution in [1.82, 2.24) is 25.1 Å². The number of hydrogen-bond acceptors (Lipinski definition) is 5. The van der Waals surface area contributed by atoms with Crippen molar-refractivity contribution in [3.05, 3.63) is 60.3 Å². The second-order valence-electron chi connectivity index (χ2n) is 5.97. The molecule has 23 heavy (non-hydrogen) atoms. The van der Waals surface area contributed by atoms with E-state index in [0.29, 0.717) is 18.4 Å². The normalized spacial score (nSPS) is 15.7. The molecule has 0 radical (unpaired) electrons. The first-order valence-corrected chi connectivity index (χ1v) is 7.93. The summed E-state index contributed by atoms with van der Waals surface area (Å²) in [6.07, 6.45) is 7.86. The van der Waals surface area contributed by atoms with Crippen molar-refractivity contribution in [1.29, 1.82) is 0 Å². The lowest BCUT2D eigenvalue weighted by Gasteiger charge is -2.13. The van der Waals surface area contributed by atoms with Crippen molar-refractivity contribution in [3.63, 3.8) is 0 Å². The van der Waals surface area contributed by atoms with E-state index in [2.05, 4.69) is 51.7 Å². The van der Waals surface area contributed by atoms with E-state index < -0.39 is 0 Å². The van der Waals surface area contributed by atoms with E-state index in [-0.39, 0.29) is 6.04 Å². The molecule has 0 spiro atoms. The fourth-order valence-corrected chi connectivity index (χ4v) is 2.54. The van der Waals surface area contributed by atoms with Gasteiger partial charge in [-0.15, -0.1) is 10.2 Å². The van der Waals surface area contributed by atoms with Crippen LogP contribution < -0.4 is 5.32 Å². The second-order valence-corrected chi connectivity index (χ2v) is 5.97. The Morgan fingerprint density at radius 3 is 2.78 bits per heavy atom. The van der Waals surface area contributed by atoms with E-state index in [1.54, 1.807) is 12.5 Å². The molecule has 2 heterocycles. The van der Waals surface area contributed by atoms with Gasteiger partial charge < -0.3 is 14.3 Å². The van der Waals surface area contributed by atoms with Crippen LogP contribution in [0.25, 0.3) is 5.69 Å². The summed E-state index contributed by atoms with van der Waals surface area (Å²) in [5.41, 5.74) is 2.32. The van der Waals surface area contributed by atoms with Gasteiger partial charge in [-0.2, -0.15) is 0 Å². The SMILES string of the molecule is C[C@@H](NCc1nnc(C2CC2)o1)c1ccc(-n2ccnc2)cc1. The van der Waals surface area contributed by atoms with Crippen molar-refractivity contribution in [3.8, 4) is 5.69 Å². The highest BCUT2D eigenvalue weighted by molar-refractivity contribution is 5.35. The van der Waals surface area contributed by atoms with Crippen molar-refractivity contribution in [2.24, 2.45) is 0 Å². The van der Waals surface area contributed by atoms with E-state index in [9.17, 15) is 0 Å². The molecule has 6 heteroatoms. The minimum absolute atomic E-state index is 0.211. The lowest BCUT2D eigenvalue weighted by atomic mass is 10.1. The first kappa shape index (κ1) is 14.1. The molecule has 1 atom stereocenters. The first-order chi connectivity index (χ1) is 11.3. The van der Waals surface area contributed by atoms with Crippen LogP contribution in [0.2, 0.25) is 0 Å². The fraction of sp³-hybridized carbons (Fsp3) is 0.353. The monoisotopic (exact) mass is 309 g/mol. The summed E-state index contributed by atoms with van der Waals surface area (Å²) in [5, 5.41) is 11.6. The number of imidazole rings is 1. The third-order valence-corrected chi connectivity index (χ3v) is 4.16. The zero-order valence-electron chi connectivity index (χ0n) is 13.0. The molecule has 0 unspecified atom stereocenters. The number of aromatic nitrogens is 4. The molecule has 1 N–H and O–H groups in total. The van der Waals surface area contributed by atoms with E-state index in [1.165, 1.54) is 18.4 Å². The fourth-order valence-electron chi connectivity index (χ4n) is 2.54. The van der Waals surface area contributed by atoms with Crippen molar-refractivity contribution >= 4 is 0 Å². The van der Waals surface area contributed by atoms with Gasteiger partial charge in [-0.1, -0.05) is 12.1 Å². The quantitative estimate of drug-likeness (QED) is 0.758. The van der Waals surface area contributed by atoms with Gasteiger partial charge in [-0.25, -0.2) is 4.98 Å². The van der Waals surface area contributed by atoms with Gasteiger partial charge in [-0.3, -0.25) is 0 Å². The number of nitrogens with one attached hydrogen (secondary N) is 1. The van der Waals surface area contributed by atoms with Crippen LogP contribution in [0.4, 0.5) is 0 Å². The summed E-state index contributed by atoms with van der Waals surface area (Å²) in [6, 6.07) is 8.63. The van der Waals surface area contributed by atoms with Gasteiger partial charge in [0.05, 0.1) is 12.9 Å². The Balaban J connectivity index is 1.37. The molecule has 0 aliphatic heterocycles. The molecule has 118 valence electrons. The Morgan fingerprint density at radius 2 is 2.09 bits per heavy atom. The van der Waals surface area contributed by atoms with Gasteiger partial charge in [0.15, 0.2) is 0 Å². The van der Waals surface area contributed by atoms with Crippen LogP contribution in [0.5, 0.6) is 0 Å². The van der Waals surface area contributed by atoms with Gasteiger partial charge >= 0.3 is 0 Å². The van der Waals surface area contributed by atoms with E-state index >= 15 is 0 Å². The van der Waals surface area contributed by atoms with Crippen LogP contribution in [0.3, 0.4) is 0 Å². The molecule has 1 aliphatic carbocycles. The molecule has 1 fully saturated rings. The Hall–Kier alpha value is -2.47. The van der Waals surface area contributed by atoms with Gasteiger partial charge in [0, 0.05) is 30.0 Å². The summed E-state index contributed by atoms with van der Waals surface area (Å²) in [7, 11) is 0. The summed E-state index contributed by atoms with van der Waals surface area (Å²) in [5.74, 6) is 1.96. The lowest BCUT2D eigenvalue weighted by Crippen LogP contribution is -2.18. The van der Waals surface area contributed by atoms with E-state index in [1.807, 2.05) is 10.8 Å². The Morgan fingerprint density at radius 1 is 1.26 bits per heavy atom. The van der Waals surface area contributed by atoms with E-state index in [0.717, 1.165) is 11.6 Å². The smallest absolute Gasteiger partial charge is 0.230 e. The first-order valence-electron chi connectivity index (χ1n) is 7.93. The Kier molecular flexibility index (Phi) is 3.67. The van der Waals surface area contributed by atoms with Crippen molar-refractivity contribution in [2.75, 3.05) is 0 Å². The molecule has 0 bridgehead atoms. The van der Waals surface area contributed by atoms with Crippen molar-refractivity contribution < 1.29 is 4.42 Å². The molecule has 6 nitrogen and oxygen atoms in total. The molecule has 2 aromatic heterocycles. The molecular weight excluding hydrogens is 290 g/mol. The topological polar surface area (TPSA) is 68.8 Å². The largest absolute Gasteiger partial charge is 0.424 e. The number of rotatable bonds is 6. The molecule has 3 aromatic rings. The predicted molar refractivity (Wildman–Crippen MR) is 85.1 cm³/mol. The third-order valence-electron chi connectivity index (χ3n) is 4.16. The Labute approximate surface area is 134 Å². The van der Waals surface area contributed by atoms with Crippen LogP contribution in [0, 0.1) is 0 Å². The molecule has 1 saturated carbocycles. The summed E-state index contributed by atoms with van der Waals surface area (Å²) in [4.78, 5) is 4.07. The van der Waals surface area contributed by atoms with Crippen LogP contribution >= 0.6 is 0 Å². The third kappa shape index (κ3) is 3.17. The highest BCUT2D eigenvalue weighted by atomic mass is 16.4. The summed E-state index contributed by atoms with van der Waals surface area (Å²) in [6.45, 7) is 2.72. The minimum Gasteiger partial charge on any atom is -0.424 e. The molecular formula is C17H19N5O. The molecule has 0 saturated heterocycles. The lowest BCUT2D eigenvalue weighted by molar-refractivity contribution is 0.419. The molecule has 1 aliphatic rings. The van der Waals surface area contributed by atoms with Crippen LogP contribution in [-0.2, 0) is 6.54 Å². The van der Waals surface area contributed by atoms with Crippen LogP contribution in [-0.4, -0.2) is 19.7 Å². The molecule has 4 rings (SSSR count). The van der Waals surface area contributed by atoms with Crippen molar-refractivity contribution in [2.45, 2.75) is 38.3 Å². The number of hydrogen-bond donors (Lipinski definition) is 1. The van der Waals surface area contributed by atoms with Gasteiger partial charge in [0.25, 0.3) is 0 Å². The maximum absolute atomic E-state index is 5.67. The summed E-state index contributed by atoms with van der Waals surface area (Å²) >= 11 is 0. The minimum atomic E-state index is 0.211. The zero-order chi connectivity index (χ0) is 15.6. The van der Waals surface area contributed by atoms with Gasteiger partial charge in [-0.05, 0) is 37.5 Å². The maximum Gasteiger partial charge on any atom is 0.230 e. The average molecular weight is 309 g/mol. The molecule has 0 amide bonds. The second kappa shape index (κ2) is 5.96. The van der Waals surface area contributed by atoms with Crippen LogP contribution in [0.1, 0.15) is 49.1 Å². The summed E-state index contributed by atoms with van der Waals surface area (Å²) < 4.78 is 7.65.